The molecular formula is C21H23N5O2S. The third kappa shape index (κ3) is 4.38. The fourth-order valence-corrected chi connectivity index (χ4v) is 3.90. The van der Waals surface area contributed by atoms with E-state index in [9.17, 15) is 4.79 Å². The molecule has 0 radical (unpaired) electrons. The molecule has 4 rings (SSSR count). The van der Waals surface area contributed by atoms with Crippen LogP contribution in [-0.4, -0.2) is 65.5 Å². The molecule has 1 aliphatic heterocycles. The Morgan fingerprint density at radius 2 is 2.00 bits per heavy atom. The average Bonchev–Trinajstić information content (AvgIpc) is 3.28. The normalized spacial score (nSPS) is 14.7. The van der Waals surface area contributed by atoms with E-state index in [1.807, 2.05) is 40.6 Å². The Morgan fingerprint density at radius 1 is 1.17 bits per heavy atom. The molecule has 1 fully saturated rings. The molecule has 1 saturated heterocycles. The number of carbonyl (C=O) groups excluding carboxylic acids is 1. The van der Waals surface area contributed by atoms with Gasteiger partial charge < -0.3 is 20.3 Å². The molecule has 3 heterocycles. The zero-order valence-corrected chi connectivity index (χ0v) is 17.1. The Balaban J connectivity index is 1.49. The number of nitrogens with two attached hydrogens (primary N) is 1. The largest absolute Gasteiger partial charge is 0.482 e. The molecular weight excluding hydrogens is 386 g/mol. The van der Waals surface area contributed by atoms with Crippen LogP contribution in [0.15, 0.2) is 48.0 Å². The summed E-state index contributed by atoms with van der Waals surface area (Å²) in [5, 5.41) is 2.01. The van der Waals surface area contributed by atoms with E-state index in [0.29, 0.717) is 22.8 Å². The molecule has 7 nitrogen and oxygen atoms in total. The highest BCUT2D eigenvalue weighted by molar-refractivity contribution is 7.13. The Labute approximate surface area is 173 Å². The standard InChI is InChI=1S/C21H23N5O2S/c1-25-9-11-26(12-10-25)19(27)14-28-17-5-2-4-15(20(17)22)21-23-8-7-16(24-21)18-6-3-13-29-18/h2-8,13H,9-12,14,22H2,1H3. The van der Waals surface area contributed by atoms with Crippen LogP contribution in [0.5, 0.6) is 5.75 Å². The van der Waals surface area contributed by atoms with E-state index in [0.717, 1.165) is 36.8 Å². The number of likely N-dealkylation sites (N-methyl/N-ethyl adjacent to an activating group) is 1. The molecule has 2 N–H and O–H groups in total. The minimum Gasteiger partial charge on any atom is -0.482 e. The lowest BCUT2D eigenvalue weighted by Gasteiger charge is -2.32. The fourth-order valence-electron chi connectivity index (χ4n) is 3.20. The highest BCUT2D eigenvalue weighted by atomic mass is 32.1. The maximum absolute atomic E-state index is 12.4. The van der Waals surface area contributed by atoms with Crippen molar-refractivity contribution in [2.24, 2.45) is 0 Å². The number of nitrogens with zero attached hydrogens (tertiary/aromatic N) is 4. The van der Waals surface area contributed by atoms with Gasteiger partial charge in [0.05, 0.1) is 16.3 Å². The lowest BCUT2D eigenvalue weighted by molar-refractivity contribution is -0.134. The Kier molecular flexibility index (Phi) is 5.73. The van der Waals surface area contributed by atoms with Crippen LogP contribution in [0.1, 0.15) is 0 Å². The number of amides is 1. The van der Waals surface area contributed by atoms with Crippen molar-refractivity contribution in [3.63, 3.8) is 0 Å². The van der Waals surface area contributed by atoms with Crippen LogP contribution in [0.2, 0.25) is 0 Å². The molecule has 0 aliphatic carbocycles. The van der Waals surface area contributed by atoms with Gasteiger partial charge in [-0.1, -0.05) is 12.1 Å². The van der Waals surface area contributed by atoms with E-state index in [-0.39, 0.29) is 12.5 Å². The molecule has 2 aromatic heterocycles. The molecule has 0 saturated carbocycles. The summed E-state index contributed by atoms with van der Waals surface area (Å²) >= 11 is 1.62. The first-order valence-electron chi connectivity index (χ1n) is 9.47. The van der Waals surface area contributed by atoms with Crippen molar-refractivity contribution in [3.8, 4) is 27.7 Å². The van der Waals surface area contributed by atoms with Crippen LogP contribution in [0.3, 0.4) is 0 Å². The number of rotatable bonds is 5. The van der Waals surface area contributed by atoms with Crippen LogP contribution < -0.4 is 10.5 Å². The second kappa shape index (κ2) is 8.59. The lowest BCUT2D eigenvalue weighted by Crippen LogP contribution is -2.48. The number of nitrogen functional groups attached to an aromatic ring is 1. The van der Waals surface area contributed by atoms with Crippen LogP contribution in [0.4, 0.5) is 5.69 Å². The van der Waals surface area contributed by atoms with E-state index in [1.54, 1.807) is 23.6 Å². The van der Waals surface area contributed by atoms with Crippen molar-refractivity contribution in [2.75, 3.05) is 45.6 Å². The molecule has 3 aromatic rings. The number of thiophene rings is 1. The second-order valence-corrected chi connectivity index (χ2v) is 7.88. The number of benzene rings is 1. The maximum Gasteiger partial charge on any atom is 0.260 e. The lowest BCUT2D eigenvalue weighted by atomic mass is 10.1. The quantitative estimate of drug-likeness (QED) is 0.652. The van der Waals surface area contributed by atoms with Gasteiger partial charge >= 0.3 is 0 Å². The van der Waals surface area contributed by atoms with Gasteiger partial charge in [0.1, 0.15) is 5.75 Å². The van der Waals surface area contributed by atoms with Crippen molar-refractivity contribution in [1.82, 2.24) is 19.8 Å². The third-order valence-corrected chi connectivity index (χ3v) is 5.84. The summed E-state index contributed by atoms with van der Waals surface area (Å²) in [6, 6.07) is 11.3. The Bertz CT molecular complexity index is 984. The average molecular weight is 410 g/mol. The number of para-hydroxylation sites is 1. The van der Waals surface area contributed by atoms with Gasteiger partial charge in [-0.2, -0.15) is 0 Å². The second-order valence-electron chi connectivity index (χ2n) is 6.93. The summed E-state index contributed by atoms with van der Waals surface area (Å²) in [6.45, 7) is 3.16. The minimum absolute atomic E-state index is 0.0288. The van der Waals surface area contributed by atoms with Gasteiger partial charge in [0.15, 0.2) is 12.4 Å². The zero-order chi connectivity index (χ0) is 20.2. The van der Waals surface area contributed by atoms with Gasteiger partial charge in [0.2, 0.25) is 0 Å². The highest BCUT2D eigenvalue weighted by Gasteiger charge is 2.20. The van der Waals surface area contributed by atoms with Crippen molar-refractivity contribution < 1.29 is 9.53 Å². The fraction of sp³-hybridized carbons (Fsp3) is 0.286. The number of aromatic nitrogens is 2. The topological polar surface area (TPSA) is 84.6 Å². The van der Waals surface area contributed by atoms with Crippen LogP contribution in [-0.2, 0) is 4.79 Å². The van der Waals surface area contributed by atoms with E-state index in [4.69, 9.17) is 10.5 Å². The van der Waals surface area contributed by atoms with Crippen molar-refractivity contribution in [1.29, 1.82) is 0 Å². The molecule has 0 spiro atoms. The first-order valence-corrected chi connectivity index (χ1v) is 10.3. The van der Waals surface area contributed by atoms with Crippen molar-refractivity contribution in [3.05, 3.63) is 48.0 Å². The molecule has 1 aliphatic rings. The molecule has 0 bridgehead atoms. The van der Waals surface area contributed by atoms with Crippen LogP contribution in [0, 0.1) is 0 Å². The minimum atomic E-state index is -0.0343. The summed E-state index contributed by atoms with van der Waals surface area (Å²) < 4.78 is 5.76. The smallest absolute Gasteiger partial charge is 0.260 e. The van der Waals surface area contributed by atoms with Gasteiger partial charge in [-0.25, -0.2) is 9.97 Å². The van der Waals surface area contributed by atoms with Gasteiger partial charge in [0.25, 0.3) is 5.91 Å². The summed E-state index contributed by atoms with van der Waals surface area (Å²) in [6.07, 6.45) is 1.72. The number of anilines is 1. The summed E-state index contributed by atoms with van der Waals surface area (Å²) in [7, 11) is 2.06. The van der Waals surface area contributed by atoms with E-state index < -0.39 is 0 Å². The number of ether oxygens (including phenoxy) is 1. The third-order valence-electron chi connectivity index (χ3n) is 4.94. The number of hydrogen-bond donors (Lipinski definition) is 1. The van der Waals surface area contributed by atoms with Crippen molar-refractivity contribution >= 4 is 22.9 Å². The van der Waals surface area contributed by atoms with Crippen molar-refractivity contribution in [2.45, 2.75) is 0 Å². The van der Waals surface area contributed by atoms with Crippen LogP contribution in [0.25, 0.3) is 22.0 Å². The first-order chi connectivity index (χ1) is 14.1. The van der Waals surface area contributed by atoms with Gasteiger partial charge in [0, 0.05) is 37.9 Å². The van der Waals surface area contributed by atoms with E-state index in [1.165, 1.54) is 0 Å². The highest BCUT2D eigenvalue weighted by Crippen LogP contribution is 2.32. The van der Waals surface area contributed by atoms with E-state index >= 15 is 0 Å². The Hall–Kier alpha value is -2.97. The molecule has 8 heteroatoms. The molecule has 150 valence electrons. The molecule has 29 heavy (non-hydrogen) atoms. The number of carbonyl (C=O) groups is 1. The number of hydrogen-bond acceptors (Lipinski definition) is 7. The summed E-state index contributed by atoms with van der Waals surface area (Å²) in [4.78, 5) is 26.6. The molecule has 0 atom stereocenters. The monoisotopic (exact) mass is 409 g/mol. The predicted octanol–water partition coefficient (Wildman–Crippen LogP) is 2.61. The summed E-state index contributed by atoms with van der Waals surface area (Å²) in [5.41, 5.74) is 8.30. The molecule has 1 amide bonds. The molecule has 0 unspecified atom stereocenters. The van der Waals surface area contributed by atoms with E-state index in [2.05, 4.69) is 21.9 Å². The SMILES string of the molecule is CN1CCN(C(=O)COc2cccc(-c3nccc(-c4cccs4)n3)c2N)CC1. The van der Waals surface area contributed by atoms with Gasteiger partial charge in [-0.05, 0) is 36.7 Å². The zero-order valence-electron chi connectivity index (χ0n) is 16.2. The number of piperazine rings is 1. The van der Waals surface area contributed by atoms with Gasteiger partial charge in [-0.3, -0.25) is 4.79 Å². The summed E-state index contributed by atoms with van der Waals surface area (Å²) in [5.74, 6) is 0.971. The van der Waals surface area contributed by atoms with Crippen LogP contribution >= 0.6 is 11.3 Å². The molecule has 1 aromatic carbocycles. The Morgan fingerprint density at radius 3 is 2.76 bits per heavy atom. The first kappa shape index (κ1) is 19.4. The van der Waals surface area contributed by atoms with Gasteiger partial charge in [-0.15, -0.1) is 11.3 Å². The maximum atomic E-state index is 12.4. The predicted molar refractivity (Wildman–Crippen MR) is 115 cm³/mol.